The molecule has 21 heavy (non-hydrogen) atoms. The third-order valence-corrected chi connectivity index (χ3v) is 3.16. The summed E-state index contributed by atoms with van der Waals surface area (Å²) in [5.41, 5.74) is 1.57. The van der Waals surface area contributed by atoms with Crippen LogP contribution in [0.15, 0.2) is 30.5 Å². The van der Waals surface area contributed by atoms with Crippen LogP contribution < -0.4 is 0 Å². The zero-order chi connectivity index (χ0) is 15.2. The summed E-state index contributed by atoms with van der Waals surface area (Å²) in [6.07, 6.45) is 3.20. The molecule has 0 fully saturated rings. The number of nitro benzene ring substituents is 1. The third kappa shape index (κ3) is 3.53. The Hall–Kier alpha value is -2.50. The molecule has 0 bridgehead atoms. The molecular weight excluding hydrogens is 272 g/mol. The highest BCUT2D eigenvalue weighted by atomic mass is 16.6. The van der Waals surface area contributed by atoms with E-state index in [1.54, 1.807) is 31.3 Å². The first-order valence-corrected chi connectivity index (χ1v) is 6.80. The van der Waals surface area contributed by atoms with E-state index in [-0.39, 0.29) is 11.7 Å². The number of fused-ring (bicyclic) bond motifs is 1. The summed E-state index contributed by atoms with van der Waals surface area (Å²) in [5.74, 6) is -0.225. The summed E-state index contributed by atoms with van der Waals surface area (Å²) in [6.45, 7) is 2.15. The van der Waals surface area contributed by atoms with Gasteiger partial charge in [-0.2, -0.15) is 0 Å². The van der Waals surface area contributed by atoms with E-state index >= 15 is 0 Å². The van der Waals surface area contributed by atoms with Crippen molar-refractivity contribution >= 4 is 22.6 Å². The molecule has 1 aromatic heterocycles. The molecule has 0 atom stereocenters. The number of hydrogen-bond acceptors (Lipinski definition) is 5. The van der Waals surface area contributed by atoms with Crippen LogP contribution in [0.4, 0.5) is 5.69 Å². The normalized spacial score (nSPS) is 10.5. The van der Waals surface area contributed by atoms with E-state index < -0.39 is 4.92 Å². The quantitative estimate of drug-likeness (QED) is 0.463. The van der Waals surface area contributed by atoms with Crippen LogP contribution in [-0.2, 0) is 16.0 Å². The number of hydrogen-bond donors (Lipinski definition) is 0. The largest absolute Gasteiger partial charge is 0.466 e. The smallest absolute Gasteiger partial charge is 0.305 e. The van der Waals surface area contributed by atoms with Gasteiger partial charge in [-0.25, -0.2) is 0 Å². The lowest BCUT2D eigenvalue weighted by molar-refractivity contribution is -0.383. The van der Waals surface area contributed by atoms with Crippen LogP contribution >= 0.6 is 0 Å². The first kappa shape index (κ1) is 14.9. The Morgan fingerprint density at radius 3 is 2.90 bits per heavy atom. The summed E-state index contributed by atoms with van der Waals surface area (Å²) < 4.78 is 4.87. The van der Waals surface area contributed by atoms with Crippen molar-refractivity contribution in [3.63, 3.8) is 0 Å². The number of benzene rings is 1. The van der Waals surface area contributed by atoms with Crippen LogP contribution in [0, 0.1) is 10.1 Å². The second-order valence-electron chi connectivity index (χ2n) is 4.56. The predicted octanol–water partition coefficient (Wildman–Crippen LogP) is 3.03. The number of nitrogens with zero attached hydrogens (tertiary/aromatic N) is 2. The third-order valence-electron chi connectivity index (χ3n) is 3.16. The van der Waals surface area contributed by atoms with Crippen LogP contribution in [0.3, 0.4) is 0 Å². The molecule has 2 aromatic rings. The first-order valence-electron chi connectivity index (χ1n) is 6.80. The van der Waals surface area contributed by atoms with Gasteiger partial charge < -0.3 is 4.74 Å². The molecule has 110 valence electrons. The Balaban J connectivity index is 2.20. The SMILES string of the molecule is CCOC(=O)CCCc1ccc([N+](=O)[O-])c2cccnc12. The lowest BCUT2D eigenvalue weighted by Gasteiger charge is -2.06. The Labute approximate surface area is 121 Å². The molecule has 6 nitrogen and oxygen atoms in total. The molecule has 0 aliphatic carbocycles. The number of nitro groups is 1. The lowest BCUT2D eigenvalue weighted by Crippen LogP contribution is -2.04. The number of carbonyl (C=O) groups excluding carboxylic acids is 1. The van der Waals surface area contributed by atoms with Crippen molar-refractivity contribution in [2.45, 2.75) is 26.2 Å². The minimum Gasteiger partial charge on any atom is -0.466 e. The van der Waals surface area contributed by atoms with E-state index in [0.717, 1.165) is 5.56 Å². The maximum Gasteiger partial charge on any atom is 0.305 e. The van der Waals surface area contributed by atoms with Crippen LogP contribution in [0.5, 0.6) is 0 Å². The molecule has 6 heteroatoms. The van der Waals surface area contributed by atoms with Crippen LogP contribution in [0.25, 0.3) is 10.9 Å². The molecule has 2 rings (SSSR count). The maximum absolute atomic E-state index is 11.3. The molecule has 1 aromatic carbocycles. The van der Waals surface area contributed by atoms with Gasteiger partial charge in [-0.15, -0.1) is 0 Å². The first-order chi connectivity index (χ1) is 10.1. The number of non-ortho nitro benzene ring substituents is 1. The van der Waals surface area contributed by atoms with Gasteiger partial charge in [-0.05, 0) is 37.5 Å². The molecular formula is C15H16N2O4. The zero-order valence-electron chi connectivity index (χ0n) is 11.7. The van der Waals surface area contributed by atoms with Crippen molar-refractivity contribution < 1.29 is 14.5 Å². The van der Waals surface area contributed by atoms with Crippen molar-refractivity contribution in [2.24, 2.45) is 0 Å². The summed E-state index contributed by atoms with van der Waals surface area (Å²) >= 11 is 0. The topological polar surface area (TPSA) is 82.3 Å². The Morgan fingerprint density at radius 1 is 1.38 bits per heavy atom. The molecule has 0 aliphatic heterocycles. The van der Waals surface area contributed by atoms with E-state index in [2.05, 4.69) is 4.98 Å². The van der Waals surface area contributed by atoms with Crippen molar-refractivity contribution in [3.8, 4) is 0 Å². The summed E-state index contributed by atoms with van der Waals surface area (Å²) in [4.78, 5) is 26.2. The highest BCUT2D eigenvalue weighted by molar-refractivity contribution is 5.90. The fraction of sp³-hybridized carbons (Fsp3) is 0.333. The fourth-order valence-corrected chi connectivity index (χ4v) is 2.23. The van der Waals surface area contributed by atoms with E-state index in [1.807, 2.05) is 0 Å². The van der Waals surface area contributed by atoms with Gasteiger partial charge in [-0.3, -0.25) is 19.9 Å². The highest BCUT2D eigenvalue weighted by Crippen LogP contribution is 2.27. The fourth-order valence-electron chi connectivity index (χ4n) is 2.23. The van der Waals surface area contributed by atoms with Crippen molar-refractivity contribution in [1.82, 2.24) is 4.98 Å². The van der Waals surface area contributed by atoms with Gasteiger partial charge in [0.1, 0.15) is 0 Å². The molecule has 1 heterocycles. The average molecular weight is 288 g/mol. The molecule has 0 amide bonds. The lowest BCUT2D eigenvalue weighted by atomic mass is 10.0. The van der Waals surface area contributed by atoms with Gasteiger partial charge in [0.2, 0.25) is 0 Å². The second-order valence-corrected chi connectivity index (χ2v) is 4.56. The molecule has 0 saturated heterocycles. The van der Waals surface area contributed by atoms with Crippen molar-refractivity contribution in [3.05, 3.63) is 46.1 Å². The number of esters is 1. The van der Waals surface area contributed by atoms with Crippen LogP contribution in [0.2, 0.25) is 0 Å². The van der Waals surface area contributed by atoms with E-state index in [0.29, 0.717) is 36.8 Å². The van der Waals surface area contributed by atoms with Gasteiger partial charge in [-0.1, -0.05) is 6.07 Å². The summed E-state index contributed by atoms with van der Waals surface area (Å²) in [7, 11) is 0. The molecule has 0 spiro atoms. The van der Waals surface area contributed by atoms with Gasteiger partial charge in [0.15, 0.2) is 0 Å². The minimum absolute atomic E-state index is 0.0484. The standard InChI is InChI=1S/C15H16N2O4/c1-2-21-14(18)7-3-5-11-8-9-13(17(19)20)12-6-4-10-16-15(11)12/h4,6,8-10H,2-3,5,7H2,1H3. The second kappa shape index (κ2) is 6.78. The summed E-state index contributed by atoms with van der Waals surface area (Å²) in [6, 6.07) is 6.56. The Bertz CT molecular complexity index is 670. The number of aryl methyl sites for hydroxylation is 1. The van der Waals surface area contributed by atoms with E-state index in [4.69, 9.17) is 4.74 Å². The number of aromatic nitrogens is 1. The van der Waals surface area contributed by atoms with Crippen molar-refractivity contribution in [1.29, 1.82) is 0 Å². The molecule has 0 saturated carbocycles. The van der Waals surface area contributed by atoms with Gasteiger partial charge in [0, 0.05) is 18.7 Å². The van der Waals surface area contributed by atoms with Gasteiger partial charge in [0.25, 0.3) is 5.69 Å². The minimum atomic E-state index is -0.410. The van der Waals surface area contributed by atoms with Gasteiger partial charge in [0.05, 0.1) is 22.4 Å². The van der Waals surface area contributed by atoms with Crippen LogP contribution in [0.1, 0.15) is 25.3 Å². The number of carbonyl (C=O) groups is 1. The molecule has 0 radical (unpaired) electrons. The van der Waals surface area contributed by atoms with E-state index in [9.17, 15) is 14.9 Å². The summed E-state index contributed by atoms with van der Waals surface area (Å²) in [5, 5.41) is 11.5. The number of pyridine rings is 1. The molecule has 0 unspecified atom stereocenters. The predicted molar refractivity (Wildman–Crippen MR) is 78.0 cm³/mol. The Morgan fingerprint density at radius 2 is 2.19 bits per heavy atom. The van der Waals surface area contributed by atoms with E-state index in [1.165, 1.54) is 6.07 Å². The maximum atomic E-state index is 11.3. The van der Waals surface area contributed by atoms with Crippen LogP contribution in [-0.4, -0.2) is 22.5 Å². The number of ether oxygens (including phenoxy) is 1. The molecule has 0 aliphatic rings. The zero-order valence-corrected chi connectivity index (χ0v) is 11.7. The highest BCUT2D eigenvalue weighted by Gasteiger charge is 2.14. The average Bonchev–Trinajstić information content (AvgIpc) is 2.47. The van der Waals surface area contributed by atoms with Crippen molar-refractivity contribution in [2.75, 3.05) is 6.61 Å². The Kier molecular flexibility index (Phi) is 4.81. The number of rotatable bonds is 6. The molecule has 0 N–H and O–H groups in total. The van der Waals surface area contributed by atoms with Gasteiger partial charge >= 0.3 is 5.97 Å². The monoisotopic (exact) mass is 288 g/mol.